The molecule has 1 heterocycles. The zero-order valence-corrected chi connectivity index (χ0v) is 14.0. The lowest BCUT2D eigenvalue weighted by Crippen LogP contribution is -2.33. The first-order valence-electron chi connectivity index (χ1n) is 7.70. The molecule has 1 aliphatic heterocycles. The second-order valence-corrected chi connectivity index (χ2v) is 6.53. The summed E-state index contributed by atoms with van der Waals surface area (Å²) in [6.07, 6.45) is 1.08. The molecule has 116 valence electrons. The van der Waals surface area contributed by atoms with Crippen LogP contribution in [0.2, 0.25) is 0 Å². The summed E-state index contributed by atoms with van der Waals surface area (Å²) < 4.78 is 15.5. The van der Waals surface area contributed by atoms with Crippen LogP contribution in [0.15, 0.2) is 53.0 Å². The van der Waals surface area contributed by atoms with Gasteiger partial charge in [0, 0.05) is 29.7 Å². The van der Waals surface area contributed by atoms with Crippen molar-refractivity contribution in [3.8, 4) is 0 Å². The lowest BCUT2D eigenvalue weighted by Gasteiger charge is -2.31. The molecule has 2 aromatic rings. The van der Waals surface area contributed by atoms with Gasteiger partial charge in [-0.2, -0.15) is 0 Å². The predicted octanol–water partition coefficient (Wildman–Crippen LogP) is 3.97. The van der Waals surface area contributed by atoms with Crippen molar-refractivity contribution in [2.75, 3.05) is 26.2 Å². The summed E-state index contributed by atoms with van der Waals surface area (Å²) in [6, 6.07) is 15.3. The molecule has 0 amide bonds. The maximum atomic E-state index is 14.4. The van der Waals surface area contributed by atoms with Crippen LogP contribution in [0.25, 0.3) is 0 Å². The van der Waals surface area contributed by atoms with Crippen molar-refractivity contribution in [3.63, 3.8) is 0 Å². The topological polar surface area (TPSA) is 15.3 Å². The van der Waals surface area contributed by atoms with E-state index in [0.29, 0.717) is 0 Å². The quantitative estimate of drug-likeness (QED) is 0.888. The Labute approximate surface area is 139 Å². The van der Waals surface area contributed by atoms with Gasteiger partial charge in [-0.15, -0.1) is 0 Å². The fraction of sp³-hybridized carbons (Fsp3) is 0.333. The minimum absolute atomic E-state index is 0.0430. The zero-order valence-electron chi connectivity index (χ0n) is 12.4. The monoisotopic (exact) mass is 362 g/mol. The Morgan fingerprint density at radius 2 is 1.91 bits per heavy atom. The molecule has 1 saturated heterocycles. The van der Waals surface area contributed by atoms with Gasteiger partial charge in [-0.3, -0.25) is 4.90 Å². The molecule has 4 heteroatoms. The summed E-state index contributed by atoms with van der Waals surface area (Å²) in [7, 11) is 0. The van der Waals surface area contributed by atoms with Crippen LogP contribution in [0, 0.1) is 5.82 Å². The summed E-state index contributed by atoms with van der Waals surface area (Å²) >= 11 is 3.54. The molecule has 1 N–H and O–H groups in total. The van der Waals surface area contributed by atoms with Crippen molar-refractivity contribution in [3.05, 3.63) is 69.9 Å². The van der Waals surface area contributed by atoms with E-state index in [4.69, 9.17) is 0 Å². The van der Waals surface area contributed by atoms with Gasteiger partial charge < -0.3 is 5.32 Å². The molecule has 2 nitrogen and oxygen atoms in total. The van der Waals surface area contributed by atoms with Gasteiger partial charge in [-0.1, -0.05) is 46.3 Å². The Morgan fingerprint density at radius 1 is 1.05 bits per heavy atom. The Kier molecular flexibility index (Phi) is 5.24. The fourth-order valence-electron chi connectivity index (χ4n) is 3.09. The molecule has 0 aliphatic carbocycles. The molecule has 1 aliphatic rings. The van der Waals surface area contributed by atoms with Crippen molar-refractivity contribution in [2.24, 2.45) is 0 Å². The van der Waals surface area contributed by atoms with Crippen LogP contribution in [-0.4, -0.2) is 31.1 Å². The number of benzene rings is 2. The van der Waals surface area contributed by atoms with Gasteiger partial charge in [0.05, 0.1) is 6.04 Å². The first kappa shape index (κ1) is 15.7. The van der Waals surface area contributed by atoms with E-state index in [-0.39, 0.29) is 11.9 Å². The maximum Gasteiger partial charge on any atom is 0.128 e. The van der Waals surface area contributed by atoms with E-state index in [1.54, 1.807) is 12.1 Å². The predicted molar refractivity (Wildman–Crippen MR) is 91.4 cm³/mol. The molecule has 1 unspecified atom stereocenters. The minimum Gasteiger partial charge on any atom is -0.315 e. The Morgan fingerprint density at radius 3 is 2.73 bits per heavy atom. The number of nitrogens with zero attached hydrogens (tertiary/aromatic N) is 1. The first-order chi connectivity index (χ1) is 10.8. The first-order valence-corrected chi connectivity index (χ1v) is 8.49. The van der Waals surface area contributed by atoms with Gasteiger partial charge in [0.15, 0.2) is 0 Å². The van der Waals surface area contributed by atoms with Gasteiger partial charge in [-0.05, 0) is 36.7 Å². The van der Waals surface area contributed by atoms with Crippen LogP contribution in [0.5, 0.6) is 0 Å². The Bertz CT molecular complexity index is 624. The highest BCUT2D eigenvalue weighted by Crippen LogP contribution is 2.32. The Hall–Kier alpha value is -1.23. The molecular formula is C18H20BrFN2. The van der Waals surface area contributed by atoms with Gasteiger partial charge >= 0.3 is 0 Å². The maximum absolute atomic E-state index is 14.4. The second kappa shape index (κ2) is 7.36. The molecule has 1 atom stereocenters. The third kappa shape index (κ3) is 3.57. The second-order valence-electron chi connectivity index (χ2n) is 5.62. The SMILES string of the molecule is Fc1ccccc1C(c1cccc(Br)c1)N1CCCNCC1. The van der Waals surface area contributed by atoms with Crippen molar-refractivity contribution in [1.29, 1.82) is 0 Å². The summed E-state index contributed by atoms with van der Waals surface area (Å²) in [5, 5.41) is 3.42. The minimum atomic E-state index is -0.135. The van der Waals surface area contributed by atoms with Crippen LogP contribution in [0.4, 0.5) is 4.39 Å². The average molecular weight is 363 g/mol. The summed E-state index contributed by atoms with van der Waals surface area (Å²) in [6.45, 7) is 3.86. The molecular weight excluding hydrogens is 343 g/mol. The van der Waals surface area contributed by atoms with Crippen molar-refractivity contribution in [2.45, 2.75) is 12.5 Å². The lowest BCUT2D eigenvalue weighted by atomic mass is 9.96. The van der Waals surface area contributed by atoms with Crippen LogP contribution in [0.1, 0.15) is 23.6 Å². The largest absolute Gasteiger partial charge is 0.315 e. The van der Waals surface area contributed by atoms with E-state index in [0.717, 1.165) is 48.2 Å². The molecule has 2 aromatic carbocycles. The van der Waals surface area contributed by atoms with Crippen molar-refractivity contribution >= 4 is 15.9 Å². The van der Waals surface area contributed by atoms with Crippen molar-refractivity contribution in [1.82, 2.24) is 10.2 Å². The lowest BCUT2D eigenvalue weighted by molar-refractivity contribution is 0.236. The van der Waals surface area contributed by atoms with E-state index in [2.05, 4.69) is 38.3 Å². The summed E-state index contributed by atoms with van der Waals surface area (Å²) in [4.78, 5) is 2.38. The van der Waals surface area contributed by atoms with Crippen LogP contribution in [-0.2, 0) is 0 Å². The zero-order chi connectivity index (χ0) is 15.4. The van der Waals surface area contributed by atoms with Gasteiger partial charge in [0.1, 0.15) is 5.82 Å². The third-order valence-corrected chi connectivity index (χ3v) is 4.60. The van der Waals surface area contributed by atoms with E-state index in [9.17, 15) is 4.39 Å². The molecule has 1 fully saturated rings. The highest BCUT2D eigenvalue weighted by molar-refractivity contribution is 9.10. The third-order valence-electron chi connectivity index (χ3n) is 4.10. The number of hydrogen-bond donors (Lipinski definition) is 1. The highest BCUT2D eigenvalue weighted by Gasteiger charge is 2.25. The molecule has 3 rings (SSSR count). The van der Waals surface area contributed by atoms with Crippen LogP contribution in [0.3, 0.4) is 0 Å². The summed E-state index contributed by atoms with van der Waals surface area (Å²) in [5.41, 5.74) is 1.88. The van der Waals surface area contributed by atoms with Gasteiger partial charge in [0.2, 0.25) is 0 Å². The normalized spacial score (nSPS) is 17.9. The molecule has 0 radical (unpaired) electrons. The van der Waals surface area contributed by atoms with E-state index in [1.165, 1.54) is 0 Å². The summed E-state index contributed by atoms with van der Waals surface area (Å²) in [5.74, 6) is -0.135. The highest BCUT2D eigenvalue weighted by atomic mass is 79.9. The number of halogens is 2. The molecule has 0 spiro atoms. The number of hydrogen-bond acceptors (Lipinski definition) is 2. The number of rotatable bonds is 3. The van der Waals surface area contributed by atoms with E-state index < -0.39 is 0 Å². The smallest absolute Gasteiger partial charge is 0.128 e. The van der Waals surface area contributed by atoms with E-state index >= 15 is 0 Å². The van der Waals surface area contributed by atoms with Gasteiger partial charge in [-0.25, -0.2) is 4.39 Å². The average Bonchev–Trinajstić information content (AvgIpc) is 2.79. The van der Waals surface area contributed by atoms with Crippen LogP contribution < -0.4 is 5.32 Å². The van der Waals surface area contributed by atoms with Gasteiger partial charge in [0.25, 0.3) is 0 Å². The Balaban J connectivity index is 2.03. The number of nitrogens with one attached hydrogen (secondary N) is 1. The fourth-order valence-corrected chi connectivity index (χ4v) is 3.50. The molecule has 22 heavy (non-hydrogen) atoms. The molecule has 0 saturated carbocycles. The van der Waals surface area contributed by atoms with E-state index in [1.807, 2.05) is 24.3 Å². The standard InChI is InChI=1S/C18H20BrFN2/c19-15-6-3-5-14(13-15)18(16-7-1-2-8-17(16)20)22-11-4-9-21-10-12-22/h1-3,5-8,13,18,21H,4,9-12H2. The molecule has 0 aromatic heterocycles. The molecule has 0 bridgehead atoms. The van der Waals surface area contributed by atoms with Crippen LogP contribution >= 0.6 is 15.9 Å². The van der Waals surface area contributed by atoms with Crippen molar-refractivity contribution < 1.29 is 4.39 Å².